The Hall–Kier alpha value is -3.12. The summed E-state index contributed by atoms with van der Waals surface area (Å²) in [5.74, 6) is -0.215. The van der Waals surface area contributed by atoms with Crippen LogP contribution in [0, 0.1) is 5.82 Å². The Morgan fingerprint density at radius 1 is 0.862 bits per heavy atom. The molecule has 2 amide bonds. The molecular weight excluding hydrogens is 387 g/mol. The molecule has 0 aliphatic heterocycles. The number of para-hydroxylation sites is 1. The Balaban J connectivity index is 1.54. The number of rotatable bonds is 8. The van der Waals surface area contributed by atoms with Gasteiger partial charge in [0.2, 0.25) is 5.91 Å². The molecule has 0 aromatic heterocycles. The highest BCUT2D eigenvalue weighted by Gasteiger charge is 2.13. The SMILES string of the molecule is O=C(CSCc1ccccc1F)Nc1ccccc1C(=O)NCc1ccccc1. The zero-order valence-electron chi connectivity index (χ0n) is 15.7. The van der Waals surface area contributed by atoms with E-state index in [4.69, 9.17) is 0 Å². The van der Waals surface area contributed by atoms with Gasteiger partial charge in [0.25, 0.3) is 5.91 Å². The van der Waals surface area contributed by atoms with Crippen molar-refractivity contribution in [3.63, 3.8) is 0 Å². The third-order valence-electron chi connectivity index (χ3n) is 4.19. The lowest BCUT2D eigenvalue weighted by Gasteiger charge is -2.11. The average Bonchev–Trinajstić information content (AvgIpc) is 2.74. The topological polar surface area (TPSA) is 58.2 Å². The van der Waals surface area contributed by atoms with Gasteiger partial charge in [-0.1, -0.05) is 60.7 Å². The summed E-state index contributed by atoms with van der Waals surface area (Å²) in [4.78, 5) is 24.8. The highest BCUT2D eigenvalue weighted by Crippen LogP contribution is 2.18. The maximum atomic E-state index is 13.6. The highest BCUT2D eigenvalue weighted by atomic mass is 32.2. The molecule has 0 atom stereocenters. The summed E-state index contributed by atoms with van der Waals surface area (Å²) in [6.45, 7) is 0.403. The summed E-state index contributed by atoms with van der Waals surface area (Å²) in [6.07, 6.45) is 0. The Morgan fingerprint density at radius 2 is 1.55 bits per heavy atom. The van der Waals surface area contributed by atoms with Crippen molar-refractivity contribution >= 4 is 29.3 Å². The molecule has 2 N–H and O–H groups in total. The van der Waals surface area contributed by atoms with E-state index in [0.717, 1.165) is 5.56 Å². The second kappa shape index (κ2) is 10.4. The molecule has 0 heterocycles. The standard InChI is InChI=1S/C23H21FN2O2S/c24-20-12-6-4-10-18(20)15-29-16-22(27)26-21-13-7-5-11-19(21)23(28)25-14-17-8-2-1-3-9-17/h1-13H,14-16H2,(H,25,28)(H,26,27). The van der Waals surface area contributed by atoms with Gasteiger partial charge in [-0.15, -0.1) is 11.8 Å². The monoisotopic (exact) mass is 408 g/mol. The van der Waals surface area contributed by atoms with Gasteiger partial charge in [-0.05, 0) is 29.3 Å². The van der Waals surface area contributed by atoms with Crippen molar-refractivity contribution in [3.05, 3.63) is 101 Å². The van der Waals surface area contributed by atoms with E-state index in [0.29, 0.717) is 29.1 Å². The van der Waals surface area contributed by atoms with Crippen molar-refractivity contribution in [2.75, 3.05) is 11.1 Å². The first kappa shape index (κ1) is 20.6. The lowest BCUT2D eigenvalue weighted by Crippen LogP contribution is -2.25. The van der Waals surface area contributed by atoms with Crippen LogP contribution in [0.25, 0.3) is 0 Å². The minimum absolute atomic E-state index is 0.161. The molecule has 0 fully saturated rings. The van der Waals surface area contributed by atoms with Gasteiger partial charge in [0.15, 0.2) is 0 Å². The van der Waals surface area contributed by atoms with Crippen LogP contribution < -0.4 is 10.6 Å². The summed E-state index contributed by atoms with van der Waals surface area (Å²) < 4.78 is 13.6. The minimum Gasteiger partial charge on any atom is -0.348 e. The van der Waals surface area contributed by atoms with Crippen LogP contribution in [0.3, 0.4) is 0 Å². The fourth-order valence-electron chi connectivity index (χ4n) is 2.72. The molecule has 4 nitrogen and oxygen atoms in total. The van der Waals surface area contributed by atoms with Crippen molar-refractivity contribution in [1.29, 1.82) is 0 Å². The van der Waals surface area contributed by atoms with Crippen LogP contribution in [0.5, 0.6) is 0 Å². The van der Waals surface area contributed by atoms with Gasteiger partial charge >= 0.3 is 0 Å². The number of carbonyl (C=O) groups is 2. The summed E-state index contributed by atoms with van der Waals surface area (Å²) in [5, 5.41) is 5.64. The number of hydrogen-bond acceptors (Lipinski definition) is 3. The first-order valence-corrected chi connectivity index (χ1v) is 10.3. The molecule has 0 aliphatic rings. The van der Waals surface area contributed by atoms with E-state index < -0.39 is 0 Å². The van der Waals surface area contributed by atoms with E-state index in [1.165, 1.54) is 17.8 Å². The number of anilines is 1. The second-order valence-electron chi connectivity index (χ2n) is 6.35. The maximum absolute atomic E-state index is 13.6. The largest absolute Gasteiger partial charge is 0.348 e. The zero-order chi connectivity index (χ0) is 20.5. The van der Waals surface area contributed by atoms with Crippen molar-refractivity contribution in [2.45, 2.75) is 12.3 Å². The van der Waals surface area contributed by atoms with E-state index in [9.17, 15) is 14.0 Å². The van der Waals surface area contributed by atoms with Gasteiger partial charge in [0.1, 0.15) is 5.82 Å². The van der Waals surface area contributed by atoms with Crippen molar-refractivity contribution in [2.24, 2.45) is 0 Å². The Labute approximate surface area is 173 Å². The molecule has 3 rings (SSSR count). The fraction of sp³-hybridized carbons (Fsp3) is 0.130. The van der Waals surface area contributed by atoms with Crippen molar-refractivity contribution in [3.8, 4) is 0 Å². The predicted molar refractivity (Wildman–Crippen MR) is 115 cm³/mol. The normalized spacial score (nSPS) is 10.4. The Bertz CT molecular complexity index is 979. The van der Waals surface area contributed by atoms with E-state index in [-0.39, 0.29) is 23.4 Å². The van der Waals surface area contributed by atoms with E-state index in [2.05, 4.69) is 10.6 Å². The molecule has 0 radical (unpaired) electrons. The van der Waals surface area contributed by atoms with Crippen molar-refractivity contribution < 1.29 is 14.0 Å². The number of halogens is 1. The summed E-state index contributed by atoms with van der Waals surface area (Å²) in [5.41, 5.74) is 2.41. The molecule has 0 saturated carbocycles. The summed E-state index contributed by atoms with van der Waals surface area (Å²) >= 11 is 1.32. The van der Waals surface area contributed by atoms with Crippen LogP contribution in [-0.4, -0.2) is 17.6 Å². The van der Waals surface area contributed by atoms with E-state index >= 15 is 0 Å². The van der Waals surface area contributed by atoms with Crippen molar-refractivity contribution in [1.82, 2.24) is 5.32 Å². The summed E-state index contributed by atoms with van der Waals surface area (Å²) in [7, 11) is 0. The lowest BCUT2D eigenvalue weighted by molar-refractivity contribution is -0.113. The maximum Gasteiger partial charge on any atom is 0.253 e. The molecule has 0 aliphatic carbocycles. The Morgan fingerprint density at radius 3 is 2.34 bits per heavy atom. The van der Waals surface area contributed by atoms with E-state index in [1.807, 2.05) is 30.3 Å². The van der Waals surface area contributed by atoms with Crippen LogP contribution in [0.15, 0.2) is 78.9 Å². The van der Waals surface area contributed by atoms with Crippen LogP contribution in [0.4, 0.5) is 10.1 Å². The predicted octanol–water partition coefficient (Wildman–Crippen LogP) is 4.63. The number of hydrogen-bond donors (Lipinski definition) is 2. The van der Waals surface area contributed by atoms with Gasteiger partial charge in [0, 0.05) is 12.3 Å². The molecule has 148 valence electrons. The van der Waals surface area contributed by atoms with Gasteiger partial charge in [-0.3, -0.25) is 9.59 Å². The van der Waals surface area contributed by atoms with Crippen LogP contribution in [0.1, 0.15) is 21.5 Å². The third-order valence-corrected chi connectivity index (χ3v) is 5.17. The summed E-state index contributed by atoms with van der Waals surface area (Å²) in [6, 6.07) is 23.0. The van der Waals surface area contributed by atoms with E-state index in [1.54, 1.807) is 42.5 Å². The zero-order valence-corrected chi connectivity index (χ0v) is 16.5. The highest BCUT2D eigenvalue weighted by molar-refractivity contribution is 7.99. The van der Waals surface area contributed by atoms with Gasteiger partial charge in [0.05, 0.1) is 17.0 Å². The molecular formula is C23H21FN2O2S. The van der Waals surface area contributed by atoms with Gasteiger partial charge < -0.3 is 10.6 Å². The second-order valence-corrected chi connectivity index (χ2v) is 7.33. The Kier molecular flexibility index (Phi) is 7.41. The number of amides is 2. The number of carbonyl (C=O) groups excluding carboxylic acids is 2. The third kappa shape index (κ3) is 6.19. The van der Waals surface area contributed by atoms with Crippen LogP contribution in [-0.2, 0) is 17.1 Å². The number of benzene rings is 3. The minimum atomic E-state index is -0.277. The molecule has 3 aromatic rings. The lowest BCUT2D eigenvalue weighted by atomic mass is 10.1. The molecule has 0 unspecified atom stereocenters. The van der Waals surface area contributed by atoms with Gasteiger partial charge in [-0.2, -0.15) is 0 Å². The number of thioether (sulfide) groups is 1. The molecule has 6 heteroatoms. The van der Waals surface area contributed by atoms with Crippen LogP contribution >= 0.6 is 11.8 Å². The molecule has 29 heavy (non-hydrogen) atoms. The van der Waals surface area contributed by atoms with Gasteiger partial charge in [-0.25, -0.2) is 4.39 Å². The first-order chi connectivity index (χ1) is 14.1. The fourth-order valence-corrected chi connectivity index (χ4v) is 3.53. The molecule has 0 spiro atoms. The molecule has 3 aromatic carbocycles. The molecule has 0 saturated heterocycles. The number of nitrogens with one attached hydrogen (secondary N) is 2. The quantitative estimate of drug-likeness (QED) is 0.571. The average molecular weight is 408 g/mol. The van der Waals surface area contributed by atoms with Crippen LogP contribution in [0.2, 0.25) is 0 Å². The molecule has 0 bridgehead atoms. The smallest absolute Gasteiger partial charge is 0.253 e. The first-order valence-electron chi connectivity index (χ1n) is 9.15.